The number of hydrogen-bond donors (Lipinski definition) is 1. The van der Waals surface area contributed by atoms with Gasteiger partial charge in [0.1, 0.15) is 0 Å². The van der Waals surface area contributed by atoms with Gasteiger partial charge in [0.25, 0.3) is 11.6 Å². The molecule has 0 aliphatic carbocycles. The third-order valence-corrected chi connectivity index (χ3v) is 4.86. The van der Waals surface area contributed by atoms with Crippen molar-refractivity contribution >= 4 is 40.5 Å². The Bertz CT molecular complexity index is 982. The van der Waals surface area contributed by atoms with Crippen molar-refractivity contribution in [3.8, 4) is 0 Å². The van der Waals surface area contributed by atoms with Gasteiger partial charge in [0, 0.05) is 35.5 Å². The molecule has 1 heterocycles. The quantitative estimate of drug-likeness (QED) is 0.608. The maximum Gasteiger partial charge on any atom is 0.270 e. The molecule has 1 aliphatic heterocycles. The van der Waals surface area contributed by atoms with Gasteiger partial charge in [0.05, 0.1) is 15.5 Å². The molecule has 2 aromatic carbocycles. The molecular weight excluding hydrogens is 382 g/mol. The SMILES string of the molecule is CC(C)(C)C(=O)N1CCc2ccc(NC(=O)c3cc([N+](=O)[O-])ccc3Cl)cc21. The Labute approximate surface area is 167 Å². The Morgan fingerprint density at radius 3 is 2.54 bits per heavy atom. The van der Waals surface area contributed by atoms with Crippen LogP contribution in [0.5, 0.6) is 0 Å². The number of nitro groups is 1. The molecule has 0 radical (unpaired) electrons. The number of nitrogens with zero attached hydrogens (tertiary/aromatic N) is 2. The van der Waals surface area contributed by atoms with Crippen molar-refractivity contribution in [1.82, 2.24) is 0 Å². The fraction of sp³-hybridized carbons (Fsp3) is 0.300. The molecule has 0 aromatic heterocycles. The molecule has 3 rings (SSSR count). The molecule has 8 heteroatoms. The molecule has 0 spiro atoms. The van der Waals surface area contributed by atoms with Crippen molar-refractivity contribution in [2.75, 3.05) is 16.8 Å². The average molecular weight is 402 g/mol. The van der Waals surface area contributed by atoms with Crippen LogP contribution >= 0.6 is 11.6 Å². The summed E-state index contributed by atoms with van der Waals surface area (Å²) in [6.45, 7) is 6.19. The third kappa shape index (κ3) is 3.84. The molecule has 28 heavy (non-hydrogen) atoms. The molecule has 0 atom stereocenters. The molecule has 146 valence electrons. The molecule has 1 N–H and O–H groups in total. The number of non-ortho nitro benzene ring substituents is 1. The normalized spacial score (nSPS) is 13.2. The maximum atomic E-state index is 12.7. The Kier molecular flexibility index (Phi) is 5.12. The van der Waals surface area contributed by atoms with E-state index in [9.17, 15) is 19.7 Å². The van der Waals surface area contributed by atoms with Crippen molar-refractivity contribution in [2.24, 2.45) is 5.41 Å². The van der Waals surface area contributed by atoms with E-state index < -0.39 is 16.2 Å². The maximum absolute atomic E-state index is 12.7. The fourth-order valence-electron chi connectivity index (χ4n) is 3.07. The minimum absolute atomic E-state index is 0.0106. The van der Waals surface area contributed by atoms with E-state index in [4.69, 9.17) is 11.6 Å². The van der Waals surface area contributed by atoms with Crippen molar-refractivity contribution in [3.05, 3.63) is 62.7 Å². The van der Waals surface area contributed by atoms with E-state index >= 15 is 0 Å². The van der Waals surface area contributed by atoms with Crippen LogP contribution in [0.1, 0.15) is 36.7 Å². The predicted octanol–water partition coefficient (Wildman–Crippen LogP) is 4.44. The van der Waals surface area contributed by atoms with Gasteiger partial charge in [-0.25, -0.2) is 0 Å². The van der Waals surface area contributed by atoms with Crippen LogP contribution < -0.4 is 10.2 Å². The molecule has 0 bridgehead atoms. The molecule has 0 saturated carbocycles. The first-order valence-corrected chi connectivity index (χ1v) is 9.16. The first kappa shape index (κ1) is 19.8. The van der Waals surface area contributed by atoms with Gasteiger partial charge in [-0.1, -0.05) is 38.4 Å². The summed E-state index contributed by atoms with van der Waals surface area (Å²) in [5.41, 5.74) is 1.56. The fourth-order valence-corrected chi connectivity index (χ4v) is 3.28. The predicted molar refractivity (Wildman–Crippen MR) is 108 cm³/mol. The van der Waals surface area contributed by atoms with Crippen LogP contribution in [0, 0.1) is 15.5 Å². The molecule has 0 unspecified atom stereocenters. The van der Waals surface area contributed by atoms with E-state index in [2.05, 4.69) is 5.32 Å². The summed E-state index contributed by atoms with van der Waals surface area (Å²) < 4.78 is 0. The number of nitrogens with one attached hydrogen (secondary N) is 1. The van der Waals surface area contributed by atoms with Crippen molar-refractivity contribution in [2.45, 2.75) is 27.2 Å². The number of halogens is 1. The molecule has 2 aromatic rings. The highest BCUT2D eigenvalue weighted by atomic mass is 35.5. The van der Waals surface area contributed by atoms with E-state index in [1.54, 1.807) is 17.0 Å². The van der Waals surface area contributed by atoms with E-state index in [1.807, 2.05) is 26.8 Å². The summed E-state index contributed by atoms with van der Waals surface area (Å²) in [4.78, 5) is 37.4. The van der Waals surface area contributed by atoms with Gasteiger partial charge < -0.3 is 10.2 Å². The Hall–Kier alpha value is -2.93. The summed E-state index contributed by atoms with van der Waals surface area (Å²) in [6, 6.07) is 9.06. The first-order chi connectivity index (χ1) is 13.1. The number of rotatable bonds is 3. The largest absolute Gasteiger partial charge is 0.322 e. The molecule has 0 saturated heterocycles. The van der Waals surface area contributed by atoms with Crippen LogP contribution in [0.15, 0.2) is 36.4 Å². The topological polar surface area (TPSA) is 92.6 Å². The van der Waals surface area contributed by atoms with Gasteiger partial charge in [-0.05, 0) is 30.2 Å². The van der Waals surface area contributed by atoms with Crippen LogP contribution in [0.25, 0.3) is 0 Å². The van der Waals surface area contributed by atoms with Gasteiger partial charge in [-0.15, -0.1) is 0 Å². The lowest BCUT2D eigenvalue weighted by Crippen LogP contribution is -2.38. The second-order valence-electron chi connectivity index (χ2n) is 7.68. The molecule has 1 aliphatic rings. The molecule has 2 amide bonds. The zero-order chi connectivity index (χ0) is 20.6. The van der Waals surface area contributed by atoms with Crippen molar-refractivity contribution in [3.63, 3.8) is 0 Å². The Balaban J connectivity index is 1.87. The zero-order valence-electron chi connectivity index (χ0n) is 15.8. The average Bonchev–Trinajstić information content (AvgIpc) is 3.03. The van der Waals surface area contributed by atoms with Crippen LogP contribution in [0.2, 0.25) is 5.02 Å². The highest BCUT2D eigenvalue weighted by molar-refractivity contribution is 6.34. The number of carbonyl (C=O) groups is 2. The van der Waals surface area contributed by atoms with Gasteiger partial charge >= 0.3 is 0 Å². The summed E-state index contributed by atoms with van der Waals surface area (Å²) in [7, 11) is 0. The van der Waals surface area contributed by atoms with Crippen LogP contribution in [-0.2, 0) is 11.2 Å². The van der Waals surface area contributed by atoms with Crippen molar-refractivity contribution < 1.29 is 14.5 Å². The highest BCUT2D eigenvalue weighted by Crippen LogP contribution is 2.34. The van der Waals surface area contributed by atoms with Crippen LogP contribution in [0.4, 0.5) is 17.1 Å². The molecule has 0 fully saturated rings. The minimum atomic E-state index is -0.585. The monoisotopic (exact) mass is 401 g/mol. The standard InChI is InChI=1S/C20H20ClN3O4/c1-20(2,3)19(26)23-9-8-12-4-5-13(10-17(12)23)22-18(25)15-11-14(24(27)28)6-7-16(15)21/h4-7,10-11H,8-9H2,1-3H3,(H,22,25). The van der Waals surface area contributed by atoms with E-state index in [0.29, 0.717) is 12.2 Å². The second-order valence-corrected chi connectivity index (χ2v) is 8.08. The number of fused-ring (bicyclic) bond motifs is 1. The third-order valence-electron chi connectivity index (χ3n) is 4.53. The van der Waals surface area contributed by atoms with Gasteiger partial charge in [0.15, 0.2) is 0 Å². The Morgan fingerprint density at radius 2 is 1.89 bits per heavy atom. The van der Waals surface area contributed by atoms with Crippen LogP contribution in [-0.4, -0.2) is 23.3 Å². The number of amides is 2. The summed E-state index contributed by atoms with van der Waals surface area (Å²) in [5.74, 6) is -0.545. The minimum Gasteiger partial charge on any atom is -0.322 e. The van der Waals surface area contributed by atoms with Gasteiger partial charge in [0.2, 0.25) is 5.91 Å². The number of anilines is 2. The van der Waals surface area contributed by atoms with Gasteiger partial charge in [-0.2, -0.15) is 0 Å². The molecule has 7 nitrogen and oxygen atoms in total. The lowest BCUT2D eigenvalue weighted by Gasteiger charge is -2.26. The summed E-state index contributed by atoms with van der Waals surface area (Å²) in [6.07, 6.45) is 0.752. The van der Waals surface area contributed by atoms with Crippen molar-refractivity contribution in [1.29, 1.82) is 0 Å². The number of hydrogen-bond acceptors (Lipinski definition) is 4. The lowest BCUT2D eigenvalue weighted by molar-refractivity contribution is -0.384. The molecular formula is C20H20ClN3O4. The smallest absolute Gasteiger partial charge is 0.270 e. The summed E-state index contributed by atoms with van der Waals surface area (Å²) in [5, 5.41) is 13.8. The first-order valence-electron chi connectivity index (χ1n) is 8.78. The lowest BCUT2D eigenvalue weighted by atomic mass is 9.94. The number of carbonyl (C=O) groups excluding carboxylic acids is 2. The number of benzene rings is 2. The van der Waals surface area contributed by atoms with E-state index in [-0.39, 0.29) is 22.2 Å². The Morgan fingerprint density at radius 1 is 1.18 bits per heavy atom. The van der Waals surface area contributed by atoms with E-state index in [0.717, 1.165) is 23.7 Å². The summed E-state index contributed by atoms with van der Waals surface area (Å²) >= 11 is 6.03. The van der Waals surface area contributed by atoms with Gasteiger partial charge in [-0.3, -0.25) is 19.7 Å². The second kappa shape index (κ2) is 7.24. The highest BCUT2D eigenvalue weighted by Gasteiger charge is 2.32. The zero-order valence-corrected chi connectivity index (χ0v) is 16.5. The van der Waals surface area contributed by atoms with Crippen LogP contribution in [0.3, 0.4) is 0 Å². The van der Waals surface area contributed by atoms with E-state index in [1.165, 1.54) is 12.1 Å². The number of nitro benzene ring substituents is 1.